The molecular formula is C10H21Cl2N2O4PS. The Morgan fingerprint density at radius 2 is 2.15 bits per heavy atom. The fourth-order valence-corrected chi connectivity index (χ4v) is 5.86. The Morgan fingerprint density at radius 3 is 2.65 bits per heavy atom. The van der Waals surface area contributed by atoms with E-state index in [4.69, 9.17) is 37.6 Å². The van der Waals surface area contributed by atoms with Crippen LogP contribution in [0.3, 0.4) is 0 Å². The number of methoxy groups -OCH3 is 1. The lowest BCUT2D eigenvalue weighted by atomic mass is 10.4. The SMILES string of the molecule is COC1COP(=O)(N(CCCl)CCCl)NC1SCCO. The number of aliphatic hydroxyl groups is 1. The maximum absolute atomic E-state index is 12.9. The first-order chi connectivity index (χ1) is 9.61. The summed E-state index contributed by atoms with van der Waals surface area (Å²) >= 11 is 12.9. The molecule has 0 amide bonds. The van der Waals surface area contributed by atoms with Gasteiger partial charge in [0.1, 0.15) is 6.10 Å². The summed E-state index contributed by atoms with van der Waals surface area (Å²) in [7, 11) is -1.59. The molecule has 3 unspecified atom stereocenters. The van der Waals surface area contributed by atoms with Gasteiger partial charge >= 0.3 is 7.67 Å². The highest BCUT2D eigenvalue weighted by Gasteiger charge is 2.42. The Balaban J connectivity index is 2.75. The number of nitrogens with one attached hydrogen (secondary N) is 1. The largest absolute Gasteiger partial charge is 0.396 e. The highest BCUT2D eigenvalue weighted by Crippen LogP contribution is 2.51. The van der Waals surface area contributed by atoms with Crippen LogP contribution in [0.25, 0.3) is 0 Å². The fraction of sp³-hybridized carbons (Fsp3) is 1.00. The zero-order chi connectivity index (χ0) is 15.0. The summed E-state index contributed by atoms with van der Waals surface area (Å²) in [5, 5.41) is 11.7. The third-order valence-electron chi connectivity index (χ3n) is 2.79. The van der Waals surface area contributed by atoms with Gasteiger partial charge in [-0.2, -0.15) is 0 Å². The third kappa shape index (κ3) is 5.30. The van der Waals surface area contributed by atoms with E-state index in [9.17, 15) is 4.57 Å². The van der Waals surface area contributed by atoms with Crippen molar-refractivity contribution in [1.29, 1.82) is 0 Å². The van der Waals surface area contributed by atoms with Crippen LogP contribution in [0.4, 0.5) is 0 Å². The Morgan fingerprint density at radius 1 is 1.50 bits per heavy atom. The molecule has 1 aliphatic heterocycles. The van der Waals surface area contributed by atoms with Crippen LogP contribution in [0.2, 0.25) is 0 Å². The molecule has 1 aliphatic rings. The average molecular weight is 367 g/mol. The molecule has 1 rings (SSSR count). The van der Waals surface area contributed by atoms with Crippen molar-refractivity contribution < 1.29 is 18.9 Å². The van der Waals surface area contributed by atoms with Crippen molar-refractivity contribution in [2.24, 2.45) is 0 Å². The van der Waals surface area contributed by atoms with Crippen molar-refractivity contribution in [3.05, 3.63) is 0 Å². The van der Waals surface area contributed by atoms with Crippen molar-refractivity contribution in [3.63, 3.8) is 0 Å². The highest BCUT2D eigenvalue weighted by atomic mass is 35.5. The molecular weight excluding hydrogens is 346 g/mol. The molecule has 10 heteroatoms. The van der Waals surface area contributed by atoms with Gasteiger partial charge in [0, 0.05) is 37.7 Å². The predicted molar refractivity (Wildman–Crippen MR) is 83.8 cm³/mol. The lowest BCUT2D eigenvalue weighted by Crippen LogP contribution is -2.48. The first-order valence-electron chi connectivity index (χ1n) is 6.26. The number of nitrogens with zero attached hydrogens (tertiary/aromatic N) is 1. The number of aliphatic hydroxyl groups excluding tert-OH is 1. The minimum atomic E-state index is -3.17. The lowest BCUT2D eigenvalue weighted by molar-refractivity contribution is 0.0342. The molecule has 0 aromatic heterocycles. The molecule has 2 N–H and O–H groups in total. The van der Waals surface area contributed by atoms with E-state index in [1.807, 2.05) is 0 Å². The number of ether oxygens (including phenoxy) is 1. The zero-order valence-electron chi connectivity index (χ0n) is 11.3. The monoisotopic (exact) mass is 366 g/mol. The zero-order valence-corrected chi connectivity index (χ0v) is 14.6. The van der Waals surface area contributed by atoms with Crippen LogP contribution in [0.5, 0.6) is 0 Å². The topological polar surface area (TPSA) is 71.0 Å². The van der Waals surface area contributed by atoms with Crippen molar-refractivity contribution >= 4 is 42.6 Å². The summed E-state index contributed by atoms with van der Waals surface area (Å²) in [5.41, 5.74) is 0. The molecule has 3 atom stereocenters. The second kappa shape index (κ2) is 9.87. The van der Waals surface area contributed by atoms with Crippen LogP contribution in [0.1, 0.15) is 0 Å². The minimum Gasteiger partial charge on any atom is -0.396 e. The molecule has 6 nitrogen and oxygen atoms in total. The molecule has 1 heterocycles. The van der Waals surface area contributed by atoms with E-state index in [1.165, 1.54) is 11.8 Å². The van der Waals surface area contributed by atoms with E-state index in [2.05, 4.69) is 5.09 Å². The molecule has 120 valence electrons. The van der Waals surface area contributed by atoms with Crippen LogP contribution in [0, 0.1) is 0 Å². The minimum absolute atomic E-state index is 0.0531. The first-order valence-corrected chi connectivity index (χ1v) is 9.95. The van der Waals surface area contributed by atoms with Gasteiger partial charge in [0.2, 0.25) is 0 Å². The summed E-state index contributed by atoms with van der Waals surface area (Å²) in [6.07, 6.45) is -0.220. The summed E-state index contributed by atoms with van der Waals surface area (Å²) in [6, 6.07) is 0. The lowest BCUT2D eigenvalue weighted by Gasteiger charge is -2.40. The molecule has 0 aromatic rings. The molecule has 0 aliphatic carbocycles. The molecule has 0 aromatic carbocycles. The van der Waals surface area contributed by atoms with Crippen molar-refractivity contribution in [2.45, 2.75) is 11.5 Å². The summed E-state index contributed by atoms with van der Waals surface area (Å²) in [5.74, 6) is 1.21. The Hall–Kier alpha value is 0.960. The summed E-state index contributed by atoms with van der Waals surface area (Å²) in [6.45, 7) is 1.13. The van der Waals surface area contributed by atoms with Gasteiger partial charge in [-0.15, -0.1) is 35.0 Å². The normalized spacial score (nSPS) is 30.9. The second-order valence-corrected chi connectivity index (χ2v) is 8.19. The van der Waals surface area contributed by atoms with Gasteiger partial charge in [0.25, 0.3) is 0 Å². The van der Waals surface area contributed by atoms with Gasteiger partial charge in [0.05, 0.1) is 18.6 Å². The van der Waals surface area contributed by atoms with E-state index in [0.717, 1.165) is 0 Å². The van der Waals surface area contributed by atoms with E-state index in [1.54, 1.807) is 11.8 Å². The molecule has 1 fully saturated rings. The number of alkyl halides is 2. The quantitative estimate of drug-likeness (QED) is 0.473. The van der Waals surface area contributed by atoms with Gasteiger partial charge in [-0.05, 0) is 0 Å². The van der Waals surface area contributed by atoms with Gasteiger partial charge < -0.3 is 14.4 Å². The van der Waals surface area contributed by atoms with Gasteiger partial charge in [-0.25, -0.2) is 9.76 Å². The Labute approximate surface area is 134 Å². The highest BCUT2D eigenvalue weighted by molar-refractivity contribution is 8.00. The molecule has 1 saturated heterocycles. The second-order valence-electron chi connectivity index (χ2n) is 4.07. The van der Waals surface area contributed by atoms with Gasteiger partial charge in [-0.3, -0.25) is 4.57 Å². The fourth-order valence-electron chi connectivity index (χ4n) is 1.79. The van der Waals surface area contributed by atoms with Crippen molar-refractivity contribution in [2.75, 3.05) is 50.9 Å². The van der Waals surface area contributed by atoms with E-state index >= 15 is 0 Å². The number of halogens is 2. The maximum Gasteiger partial charge on any atom is 0.344 e. The smallest absolute Gasteiger partial charge is 0.344 e. The maximum atomic E-state index is 12.9. The summed E-state index contributed by atoms with van der Waals surface area (Å²) < 4.78 is 25.3. The van der Waals surface area contributed by atoms with Crippen LogP contribution >= 0.6 is 42.6 Å². The number of hydrogen-bond acceptors (Lipinski definition) is 5. The molecule has 0 radical (unpaired) electrons. The molecule has 0 spiro atoms. The van der Waals surface area contributed by atoms with Crippen molar-refractivity contribution in [1.82, 2.24) is 9.76 Å². The number of hydrogen-bond donors (Lipinski definition) is 2. The first kappa shape index (κ1) is 19.0. The molecule has 0 saturated carbocycles. The summed E-state index contributed by atoms with van der Waals surface area (Å²) in [4.78, 5) is 0. The van der Waals surface area contributed by atoms with Gasteiger partial charge in [-0.1, -0.05) is 0 Å². The predicted octanol–water partition coefficient (Wildman–Crippen LogP) is 1.56. The molecule has 0 bridgehead atoms. The average Bonchev–Trinajstić information content (AvgIpc) is 2.45. The van der Waals surface area contributed by atoms with E-state index < -0.39 is 7.67 Å². The molecule has 20 heavy (non-hydrogen) atoms. The van der Waals surface area contributed by atoms with E-state index in [0.29, 0.717) is 30.6 Å². The van der Waals surface area contributed by atoms with Gasteiger partial charge in [0.15, 0.2) is 0 Å². The number of thioether (sulfide) groups is 1. The van der Waals surface area contributed by atoms with Crippen molar-refractivity contribution in [3.8, 4) is 0 Å². The standard InChI is InChI=1S/C10H21Cl2N2O4PS/c1-17-9-8-18-19(16,13-10(9)20-7-6-15)14(4-2-11)5-3-12/h9-10,15H,2-8H2,1H3,(H,13,16). The van der Waals surface area contributed by atoms with E-state index in [-0.39, 0.29) is 24.7 Å². The van der Waals surface area contributed by atoms with Crippen LogP contribution in [0.15, 0.2) is 0 Å². The van der Waals surface area contributed by atoms with Crippen LogP contribution in [-0.4, -0.2) is 72.2 Å². The van der Waals surface area contributed by atoms with Crippen LogP contribution < -0.4 is 5.09 Å². The Kier molecular flexibility index (Phi) is 9.38. The van der Waals surface area contributed by atoms with Crippen LogP contribution in [-0.2, 0) is 13.8 Å². The third-order valence-corrected chi connectivity index (χ3v) is 6.75. The Bertz CT molecular complexity index is 324. The number of rotatable bonds is 9.